The predicted octanol–water partition coefficient (Wildman–Crippen LogP) is 5.62. The van der Waals surface area contributed by atoms with Crippen LogP contribution >= 0.6 is 11.3 Å². The van der Waals surface area contributed by atoms with Gasteiger partial charge >= 0.3 is 0 Å². The molecule has 4 heteroatoms. The van der Waals surface area contributed by atoms with Crippen LogP contribution < -0.4 is 5.32 Å². The Bertz CT molecular complexity index is 1080. The van der Waals surface area contributed by atoms with E-state index < -0.39 is 0 Å². The molecule has 0 unspecified atom stereocenters. The molecule has 0 bridgehead atoms. The van der Waals surface area contributed by atoms with E-state index in [1.165, 1.54) is 22.8 Å². The molecule has 1 heterocycles. The van der Waals surface area contributed by atoms with Crippen LogP contribution in [0.2, 0.25) is 0 Å². The Hall–Kier alpha value is -3.24. The van der Waals surface area contributed by atoms with Crippen molar-refractivity contribution < 1.29 is 4.79 Å². The number of nitrogens with one attached hydrogen (secondary N) is 1. The van der Waals surface area contributed by atoms with Crippen LogP contribution in [0, 0.1) is 0 Å². The fraction of sp³-hybridized carbons (Fsp3) is 0. The first-order valence-electron chi connectivity index (χ1n) is 8.27. The predicted molar refractivity (Wildman–Crippen MR) is 109 cm³/mol. The first-order valence-corrected chi connectivity index (χ1v) is 9.15. The van der Waals surface area contributed by atoms with Gasteiger partial charge in [0.1, 0.15) is 0 Å². The highest BCUT2D eigenvalue weighted by molar-refractivity contribution is 7.14. The van der Waals surface area contributed by atoms with Gasteiger partial charge in [0.2, 0.25) is 5.91 Å². The van der Waals surface area contributed by atoms with Gasteiger partial charge < -0.3 is 0 Å². The second-order valence-corrected chi connectivity index (χ2v) is 6.66. The van der Waals surface area contributed by atoms with Gasteiger partial charge in [-0.15, -0.1) is 11.3 Å². The molecule has 0 radical (unpaired) electrons. The highest BCUT2D eigenvalue weighted by Crippen LogP contribution is 2.30. The molecule has 4 rings (SSSR count). The minimum atomic E-state index is -0.187. The minimum Gasteiger partial charge on any atom is -0.298 e. The molecular formula is C22H16N2OS. The van der Waals surface area contributed by atoms with E-state index in [-0.39, 0.29) is 5.91 Å². The molecule has 0 fully saturated rings. The first-order chi connectivity index (χ1) is 12.8. The van der Waals surface area contributed by atoms with Gasteiger partial charge in [-0.1, -0.05) is 72.8 Å². The van der Waals surface area contributed by atoms with Crippen molar-refractivity contribution >= 4 is 39.2 Å². The topological polar surface area (TPSA) is 42.0 Å². The number of carbonyl (C=O) groups excluding carboxylic acids is 1. The molecule has 26 heavy (non-hydrogen) atoms. The number of anilines is 1. The molecule has 1 amide bonds. The van der Waals surface area contributed by atoms with E-state index in [0.29, 0.717) is 5.13 Å². The molecule has 4 aromatic rings. The van der Waals surface area contributed by atoms with Gasteiger partial charge in [-0.25, -0.2) is 4.98 Å². The maximum Gasteiger partial charge on any atom is 0.250 e. The van der Waals surface area contributed by atoms with Crippen LogP contribution in [0.25, 0.3) is 28.1 Å². The minimum absolute atomic E-state index is 0.187. The fourth-order valence-electron chi connectivity index (χ4n) is 2.79. The summed E-state index contributed by atoms with van der Waals surface area (Å²) in [6.07, 6.45) is 3.31. The highest BCUT2D eigenvalue weighted by Gasteiger charge is 2.09. The standard InChI is InChI=1S/C22H16N2OS/c25-21(14-13-16-7-2-1-3-8-16)24-22-23-20(15-26-22)19-12-6-10-17-9-4-5-11-18(17)19/h1-15H,(H,23,24,25)/b14-13+. The lowest BCUT2D eigenvalue weighted by Crippen LogP contribution is -2.07. The summed E-state index contributed by atoms with van der Waals surface area (Å²) in [7, 11) is 0. The number of rotatable bonds is 4. The number of amides is 1. The summed E-state index contributed by atoms with van der Waals surface area (Å²) in [4.78, 5) is 16.7. The lowest BCUT2D eigenvalue weighted by Gasteiger charge is -2.03. The molecule has 1 N–H and O–H groups in total. The Balaban J connectivity index is 1.53. The molecule has 0 spiro atoms. The summed E-state index contributed by atoms with van der Waals surface area (Å²) in [5.41, 5.74) is 2.92. The molecule has 0 aliphatic carbocycles. The number of carbonyl (C=O) groups is 1. The lowest BCUT2D eigenvalue weighted by atomic mass is 10.0. The van der Waals surface area contributed by atoms with Crippen LogP contribution in [-0.2, 0) is 4.79 Å². The maximum absolute atomic E-state index is 12.1. The SMILES string of the molecule is O=C(/C=C/c1ccccc1)Nc1nc(-c2cccc3ccccc23)cs1. The van der Waals surface area contributed by atoms with Gasteiger partial charge in [0, 0.05) is 17.0 Å². The van der Waals surface area contributed by atoms with Crippen LogP contribution in [-0.4, -0.2) is 10.9 Å². The number of nitrogens with zero attached hydrogens (tertiary/aromatic N) is 1. The summed E-state index contributed by atoms with van der Waals surface area (Å²) < 4.78 is 0. The van der Waals surface area contributed by atoms with Crippen molar-refractivity contribution in [3.8, 4) is 11.3 Å². The van der Waals surface area contributed by atoms with Crippen molar-refractivity contribution in [3.05, 3.63) is 89.8 Å². The van der Waals surface area contributed by atoms with E-state index >= 15 is 0 Å². The van der Waals surface area contributed by atoms with Gasteiger partial charge in [-0.2, -0.15) is 0 Å². The Morgan fingerprint density at radius 2 is 1.69 bits per heavy atom. The molecule has 126 valence electrons. The number of aromatic nitrogens is 1. The van der Waals surface area contributed by atoms with Gasteiger partial charge in [0.25, 0.3) is 0 Å². The smallest absolute Gasteiger partial charge is 0.250 e. The first kappa shape index (κ1) is 16.2. The van der Waals surface area contributed by atoms with E-state index in [4.69, 9.17) is 0 Å². The average molecular weight is 356 g/mol. The molecule has 0 aliphatic heterocycles. The number of fused-ring (bicyclic) bond motifs is 1. The molecule has 0 aliphatic rings. The number of thiazole rings is 1. The van der Waals surface area contributed by atoms with Crippen molar-refractivity contribution in [2.75, 3.05) is 5.32 Å². The van der Waals surface area contributed by atoms with E-state index in [0.717, 1.165) is 22.2 Å². The third-order valence-corrected chi connectivity index (χ3v) is 4.78. The van der Waals surface area contributed by atoms with E-state index in [1.807, 2.05) is 53.9 Å². The summed E-state index contributed by atoms with van der Waals surface area (Å²) in [6, 6.07) is 24.1. The molecule has 0 saturated carbocycles. The summed E-state index contributed by atoms with van der Waals surface area (Å²) in [5.74, 6) is -0.187. The summed E-state index contributed by atoms with van der Waals surface area (Å²) >= 11 is 1.43. The van der Waals surface area contributed by atoms with E-state index in [9.17, 15) is 4.79 Å². The summed E-state index contributed by atoms with van der Waals surface area (Å²) in [6.45, 7) is 0. The lowest BCUT2D eigenvalue weighted by molar-refractivity contribution is -0.111. The quantitative estimate of drug-likeness (QED) is 0.483. The molecule has 0 atom stereocenters. The average Bonchev–Trinajstić information content (AvgIpc) is 3.15. The summed E-state index contributed by atoms with van der Waals surface area (Å²) in [5, 5.41) is 7.73. The zero-order valence-corrected chi connectivity index (χ0v) is 14.7. The Morgan fingerprint density at radius 1 is 0.923 bits per heavy atom. The van der Waals surface area contributed by atoms with Gasteiger partial charge in [0.05, 0.1) is 5.69 Å². The van der Waals surface area contributed by atoms with Crippen LogP contribution in [0.4, 0.5) is 5.13 Å². The second kappa shape index (κ2) is 7.33. The van der Waals surface area contributed by atoms with Crippen molar-refractivity contribution in [1.82, 2.24) is 4.98 Å². The number of benzene rings is 3. The van der Waals surface area contributed by atoms with Crippen LogP contribution in [0.5, 0.6) is 0 Å². The van der Waals surface area contributed by atoms with Crippen molar-refractivity contribution in [2.24, 2.45) is 0 Å². The van der Waals surface area contributed by atoms with Crippen molar-refractivity contribution in [1.29, 1.82) is 0 Å². The van der Waals surface area contributed by atoms with Crippen molar-refractivity contribution in [3.63, 3.8) is 0 Å². The molecule has 0 saturated heterocycles. The van der Waals surface area contributed by atoms with E-state index in [2.05, 4.69) is 34.6 Å². The van der Waals surface area contributed by atoms with Gasteiger partial charge in [0.15, 0.2) is 5.13 Å². The Labute approximate surface area is 155 Å². The monoisotopic (exact) mass is 356 g/mol. The zero-order valence-electron chi connectivity index (χ0n) is 13.9. The van der Waals surface area contributed by atoms with Crippen LogP contribution in [0.15, 0.2) is 84.3 Å². The molecular weight excluding hydrogens is 340 g/mol. The molecule has 1 aromatic heterocycles. The fourth-order valence-corrected chi connectivity index (χ4v) is 3.50. The Kier molecular flexibility index (Phi) is 4.58. The van der Waals surface area contributed by atoms with E-state index in [1.54, 1.807) is 6.08 Å². The van der Waals surface area contributed by atoms with Crippen LogP contribution in [0.1, 0.15) is 5.56 Å². The van der Waals surface area contributed by atoms with Crippen LogP contribution in [0.3, 0.4) is 0 Å². The third kappa shape index (κ3) is 3.55. The maximum atomic E-state index is 12.1. The zero-order chi connectivity index (χ0) is 17.8. The largest absolute Gasteiger partial charge is 0.298 e. The molecule has 3 aromatic carbocycles. The third-order valence-electron chi connectivity index (χ3n) is 4.03. The highest BCUT2D eigenvalue weighted by atomic mass is 32.1. The van der Waals surface area contributed by atoms with Gasteiger partial charge in [-0.05, 0) is 22.4 Å². The van der Waals surface area contributed by atoms with Gasteiger partial charge in [-0.3, -0.25) is 10.1 Å². The second-order valence-electron chi connectivity index (χ2n) is 5.80. The Morgan fingerprint density at radius 3 is 2.58 bits per heavy atom. The number of hydrogen-bond acceptors (Lipinski definition) is 3. The number of hydrogen-bond donors (Lipinski definition) is 1. The van der Waals surface area contributed by atoms with Crippen molar-refractivity contribution in [2.45, 2.75) is 0 Å². The molecule has 3 nitrogen and oxygen atoms in total. The normalized spacial score (nSPS) is 11.1.